The maximum Gasteiger partial charge on any atom is 0.185 e. The fourth-order valence-corrected chi connectivity index (χ4v) is 2.56. The maximum atomic E-state index is 5.90. The van der Waals surface area contributed by atoms with E-state index in [1.807, 2.05) is 55.6 Å². The summed E-state index contributed by atoms with van der Waals surface area (Å²) < 4.78 is 11.5. The molecule has 114 valence electrons. The zero-order valence-electron chi connectivity index (χ0n) is 12.4. The number of hydrogen-bond donors (Lipinski definition) is 0. The summed E-state index contributed by atoms with van der Waals surface area (Å²) in [4.78, 5) is 4.49. The molecule has 2 heterocycles. The predicted molar refractivity (Wildman–Crippen MR) is 87.6 cm³/mol. The largest absolute Gasteiger partial charge is 0.348 e. The van der Waals surface area contributed by atoms with Gasteiger partial charge in [-0.2, -0.15) is 0 Å². The first-order valence-corrected chi connectivity index (χ1v) is 7.72. The molecule has 1 aromatic carbocycles. The van der Waals surface area contributed by atoms with Crippen LogP contribution in [0, 0.1) is 5.92 Å². The van der Waals surface area contributed by atoms with E-state index in [4.69, 9.17) is 21.1 Å². The fraction of sp³-hybridized carbons (Fsp3) is 0.278. The molecule has 1 aromatic heterocycles. The van der Waals surface area contributed by atoms with Crippen molar-refractivity contribution in [2.24, 2.45) is 5.92 Å². The van der Waals surface area contributed by atoms with Gasteiger partial charge in [-0.05, 0) is 25.1 Å². The van der Waals surface area contributed by atoms with Crippen LogP contribution in [0.1, 0.15) is 18.8 Å². The van der Waals surface area contributed by atoms with Gasteiger partial charge in [0.25, 0.3) is 0 Å². The molecule has 0 unspecified atom stereocenters. The van der Waals surface area contributed by atoms with Crippen LogP contribution in [0.15, 0.2) is 54.7 Å². The van der Waals surface area contributed by atoms with Crippen molar-refractivity contribution in [2.75, 3.05) is 13.2 Å². The molecule has 0 bridgehead atoms. The Bertz CT molecular complexity index is 629. The number of benzene rings is 1. The first kappa shape index (κ1) is 15.2. The molecule has 4 heteroatoms. The molecule has 3 rings (SSSR count). The summed E-state index contributed by atoms with van der Waals surface area (Å²) in [6.45, 7) is 3.35. The van der Waals surface area contributed by atoms with Gasteiger partial charge in [0.05, 0.1) is 18.9 Å². The van der Waals surface area contributed by atoms with E-state index in [1.165, 1.54) is 0 Å². The lowest BCUT2D eigenvalue weighted by molar-refractivity contribution is -0.197. The predicted octanol–water partition coefficient (Wildman–Crippen LogP) is 4.64. The van der Waals surface area contributed by atoms with Crippen LogP contribution in [-0.4, -0.2) is 18.2 Å². The SMILES string of the molecule is CC=CC1COC(c2ccc(-c3ccc(Cl)cc3)nc2)OC1. The topological polar surface area (TPSA) is 31.4 Å². The van der Waals surface area contributed by atoms with Gasteiger partial charge in [0.15, 0.2) is 6.29 Å². The van der Waals surface area contributed by atoms with E-state index < -0.39 is 0 Å². The monoisotopic (exact) mass is 315 g/mol. The summed E-state index contributed by atoms with van der Waals surface area (Å²) in [5, 5.41) is 0.722. The van der Waals surface area contributed by atoms with Gasteiger partial charge < -0.3 is 9.47 Å². The number of rotatable bonds is 3. The van der Waals surface area contributed by atoms with Gasteiger partial charge in [0.2, 0.25) is 0 Å². The normalized spacial score (nSPS) is 22.1. The van der Waals surface area contributed by atoms with Gasteiger partial charge in [-0.3, -0.25) is 4.98 Å². The van der Waals surface area contributed by atoms with Crippen molar-refractivity contribution < 1.29 is 9.47 Å². The third-order valence-electron chi connectivity index (χ3n) is 3.59. The van der Waals surface area contributed by atoms with Crippen molar-refractivity contribution in [3.8, 4) is 11.3 Å². The molecule has 2 aromatic rings. The fourth-order valence-electron chi connectivity index (χ4n) is 2.43. The number of pyridine rings is 1. The van der Waals surface area contributed by atoms with Crippen LogP contribution in [0.3, 0.4) is 0 Å². The lowest BCUT2D eigenvalue weighted by Crippen LogP contribution is -2.25. The molecule has 0 saturated carbocycles. The second-order valence-electron chi connectivity index (χ2n) is 5.27. The molecule has 0 radical (unpaired) electrons. The van der Waals surface area contributed by atoms with Crippen LogP contribution in [0.5, 0.6) is 0 Å². The molecule has 0 aliphatic carbocycles. The van der Waals surface area contributed by atoms with E-state index >= 15 is 0 Å². The highest BCUT2D eigenvalue weighted by atomic mass is 35.5. The highest BCUT2D eigenvalue weighted by Crippen LogP contribution is 2.27. The van der Waals surface area contributed by atoms with Crippen LogP contribution in [0.2, 0.25) is 5.02 Å². The molecule has 22 heavy (non-hydrogen) atoms. The van der Waals surface area contributed by atoms with E-state index in [-0.39, 0.29) is 6.29 Å². The van der Waals surface area contributed by atoms with E-state index in [2.05, 4.69) is 11.1 Å². The number of ether oxygens (including phenoxy) is 2. The van der Waals surface area contributed by atoms with Crippen molar-refractivity contribution in [3.63, 3.8) is 0 Å². The minimum atomic E-state index is -0.326. The van der Waals surface area contributed by atoms with Gasteiger partial charge in [-0.25, -0.2) is 0 Å². The van der Waals surface area contributed by atoms with Gasteiger partial charge >= 0.3 is 0 Å². The highest BCUT2D eigenvalue weighted by molar-refractivity contribution is 6.30. The Hall–Kier alpha value is -1.68. The van der Waals surface area contributed by atoms with Crippen LogP contribution in [0.25, 0.3) is 11.3 Å². The first-order chi connectivity index (χ1) is 10.8. The van der Waals surface area contributed by atoms with Crippen LogP contribution in [0.4, 0.5) is 0 Å². The van der Waals surface area contributed by atoms with Crippen molar-refractivity contribution in [1.82, 2.24) is 4.98 Å². The van der Waals surface area contributed by atoms with Gasteiger partial charge in [0, 0.05) is 28.3 Å². The summed E-state index contributed by atoms with van der Waals surface area (Å²) in [7, 11) is 0. The molecule has 0 atom stereocenters. The average Bonchev–Trinajstić information content (AvgIpc) is 2.57. The third-order valence-corrected chi connectivity index (χ3v) is 3.84. The minimum Gasteiger partial charge on any atom is -0.348 e. The molecule has 0 N–H and O–H groups in total. The highest BCUT2D eigenvalue weighted by Gasteiger charge is 2.22. The van der Waals surface area contributed by atoms with Crippen LogP contribution < -0.4 is 0 Å². The summed E-state index contributed by atoms with van der Waals surface area (Å²) in [6, 6.07) is 11.6. The Balaban J connectivity index is 1.68. The first-order valence-electron chi connectivity index (χ1n) is 7.34. The van der Waals surface area contributed by atoms with Crippen LogP contribution >= 0.6 is 11.6 Å². The van der Waals surface area contributed by atoms with Crippen molar-refractivity contribution in [1.29, 1.82) is 0 Å². The van der Waals surface area contributed by atoms with Gasteiger partial charge in [-0.1, -0.05) is 42.0 Å². The minimum absolute atomic E-state index is 0.326. The van der Waals surface area contributed by atoms with Crippen molar-refractivity contribution >= 4 is 11.6 Å². The number of hydrogen-bond acceptors (Lipinski definition) is 3. The van der Waals surface area contributed by atoms with Crippen LogP contribution in [-0.2, 0) is 9.47 Å². The van der Waals surface area contributed by atoms with E-state index in [0.29, 0.717) is 19.1 Å². The standard InChI is InChI=1S/C18H18ClNO2/c1-2-3-13-11-21-18(22-12-13)15-6-9-17(20-10-15)14-4-7-16(19)8-5-14/h2-10,13,18H,11-12H2,1H3. The summed E-state index contributed by atoms with van der Waals surface area (Å²) in [5.74, 6) is 0.336. The Morgan fingerprint density at radius 3 is 2.41 bits per heavy atom. The molecule has 0 amide bonds. The number of aromatic nitrogens is 1. The molecular formula is C18H18ClNO2. The van der Waals surface area contributed by atoms with E-state index in [0.717, 1.165) is 21.8 Å². The number of nitrogens with zero attached hydrogens (tertiary/aromatic N) is 1. The number of allylic oxidation sites excluding steroid dienone is 1. The smallest absolute Gasteiger partial charge is 0.185 e. The zero-order valence-corrected chi connectivity index (χ0v) is 13.2. The van der Waals surface area contributed by atoms with Gasteiger partial charge in [-0.15, -0.1) is 0 Å². The quantitative estimate of drug-likeness (QED) is 0.773. The molecule has 3 nitrogen and oxygen atoms in total. The second kappa shape index (κ2) is 7.05. The van der Waals surface area contributed by atoms with Crippen molar-refractivity contribution in [3.05, 3.63) is 65.3 Å². The molecule has 1 saturated heterocycles. The zero-order chi connectivity index (χ0) is 15.4. The molecule has 1 aliphatic heterocycles. The molecule has 1 fully saturated rings. The van der Waals surface area contributed by atoms with E-state index in [9.17, 15) is 0 Å². The van der Waals surface area contributed by atoms with Gasteiger partial charge in [0.1, 0.15) is 0 Å². The summed E-state index contributed by atoms with van der Waals surface area (Å²) in [6.07, 6.45) is 5.62. The summed E-state index contributed by atoms with van der Waals surface area (Å²) in [5.41, 5.74) is 2.88. The second-order valence-corrected chi connectivity index (χ2v) is 5.70. The Morgan fingerprint density at radius 2 is 1.82 bits per heavy atom. The third kappa shape index (κ3) is 3.55. The number of halogens is 1. The Labute approximate surface area is 135 Å². The Kier molecular flexibility index (Phi) is 4.88. The average molecular weight is 316 g/mol. The lowest BCUT2D eigenvalue weighted by atomic mass is 10.1. The lowest BCUT2D eigenvalue weighted by Gasteiger charge is -2.28. The van der Waals surface area contributed by atoms with E-state index in [1.54, 1.807) is 0 Å². The molecule has 1 aliphatic rings. The maximum absolute atomic E-state index is 5.90. The summed E-state index contributed by atoms with van der Waals surface area (Å²) >= 11 is 5.90. The Morgan fingerprint density at radius 1 is 1.09 bits per heavy atom. The molecular weight excluding hydrogens is 298 g/mol. The molecule has 0 spiro atoms. The van der Waals surface area contributed by atoms with Crippen molar-refractivity contribution in [2.45, 2.75) is 13.2 Å².